The number of hydrogen-bond acceptors (Lipinski definition) is 3. The van der Waals surface area contributed by atoms with Crippen molar-refractivity contribution in [1.29, 1.82) is 0 Å². The number of ether oxygens (including phenoxy) is 1. The molecule has 1 amide bonds. The predicted molar refractivity (Wildman–Crippen MR) is 74.4 cm³/mol. The highest BCUT2D eigenvalue weighted by molar-refractivity contribution is 6.42. The minimum absolute atomic E-state index is 0.0156. The van der Waals surface area contributed by atoms with Crippen molar-refractivity contribution < 1.29 is 9.53 Å². The van der Waals surface area contributed by atoms with E-state index in [-0.39, 0.29) is 18.5 Å². The van der Waals surface area contributed by atoms with E-state index in [9.17, 15) is 4.79 Å². The van der Waals surface area contributed by atoms with Crippen molar-refractivity contribution in [2.45, 2.75) is 13.0 Å². The molecule has 0 saturated carbocycles. The van der Waals surface area contributed by atoms with Gasteiger partial charge < -0.3 is 15.4 Å². The highest BCUT2D eigenvalue weighted by Gasteiger charge is 2.07. The van der Waals surface area contributed by atoms with Crippen LogP contribution in [0.25, 0.3) is 0 Å². The van der Waals surface area contributed by atoms with Crippen LogP contribution in [0.1, 0.15) is 6.92 Å². The molecular weight excluding hydrogens is 275 g/mol. The molecule has 1 aromatic rings. The predicted octanol–water partition coefficient (Wildman–Crippen LogP) is 2.56. The molecule has 0 radical (unpaired) electrons. The van der Waals surface area contributed by atoms with Gasteiger partial charge in [-0.15, -0.1) is 0 Å². The Bertz CT molecular complexity index is 413. The Morgan fingerprint density at radius 3 is 2.72 bits per heavy atom. The Labute approximate surface area is 117 Å². The largest absolute Gasteiger partial charge is 0.383 e. The molecule has 1 rings (SSSR count). The molecular formula is C12H16Cl2N2O2. The molecule has 0 aliphatic carbocycles. The van der Waals surface area contributed by atoms with E-state index in [0.717, 1.165) is 5.69 Å². The van der Waals surface area contributed by atoms with Crippen molar-refractivity contribution in [2.75, 3.05) is 25.6 Å². The maximum absolute atomic E-state index is 11.6. The molecule has 0 heterocycles. The lowest BCUT2D eigenvalue weighted by atomic mass is 10.3. The van der Waals surface area contributed by atoms with Crippen LogP contribution in [-0.4, -0.2) is 32.2 Å². The topological polar surface area (TPSA) is 50.4 Å². The van der Waals surface area contributed by atoms with Gasteiger partial charge in [-0.1, -0.05) is 23.2 Å². The van der Waals surface area contributed by atoms with E-state index in [4.69, 9.17) is 27.9 Å². The van der Waals surface area contributed by atoms with Gasteiger partial charge in [0.2, 0.25) is 5.91 Å². The smallest absolute Gasteiger partial charge is 0.239 e. The number of rotatable bonds is 6. The monoisotopic (exact) mass is 290 g/mol. The van der Waals surface area contributed by atoms with Gasteiger partial charge in [-0.05, 0) is 25.1 Å². The van der Waals surface area contributed by atoms with Gasteiger partial charge >= 0.3 is 0 Å². The number of anilines is 1. The number of nitrogens with one attached hydrogen (secondary N) is 2. The van der Waals surface area contributed by atoms with E-state index in [2.05, 4.69) is 10.6 Å². The number of carbonyl (C=O) groups is 1. The maximum atomic E-state index is 11.6. The van der Waals surface area contributed by atoms with Gasteiger partial charge in [0.15, 0.2) is 0 Å². The number of amides is 1. The molecule has 4 nitrogen and oxygen atoms in total. The molecule has 1 atom stereocenters. The summed E-state index contributed by atoms with van der Waals surface area (Å²) >= 11 is 11.7. The second kappa shape index (κ2) is 7.46. The molecule has 100 valence electrons. The number of halogens is 2. The fraction of sp³-hybridized carbons (Fsp3) is 0.417. The van der Waals surface area contributed by atoms with E-state index >= 15 is 0 Å². The minimum atomic E-state index is -0.106. The Hall–Kier alpha value is -0.970. The van der Waals surface area contributed by atoms with Crippen molar-refractivity contribution in [3.8, 4) is 0 Å². The zero-order valence-electron chi connectivity index (χ0n) is 10.3. The lowest BCUT2D eigenvalue weighted by Crippen LogP contribution is -2.39. The highest BCUT2D eigenvalue weighted by Crippen LogP contribution is 2.24. The van der Waals surface area contributed by atoms with Crippen molar-refractivity contribution >= 4 is 34.8 Å². The molecule has 1 aromatic carbocycles. The minimum Gasteiger partial charge on any atom is -0.383 e. The molecule has 18 heavy (non-hydrogen) atoms. The second-order valence-corrected chi connectivity index (χ2v) is 4.72. The molecule has 0 bridgehead atoms. The fourth-order valence-corrected chi connectivity index (χ4v) is 1.70. The lowest BCUT2D eigenvalue weighted by Gasteiger charge is -2.13. The maximum Gasteiger partial charge on any atom is 0.239 e. The summed E-state index contributed by atoms with van der Waals surface area (Å²) in [5, 5.41) is 6.70. The quantitative estimate of drug-likeness (QED) is 0.847. The molecule has 0 aromatic heterocycles. The molecule has 6 heteroatoms. The summed E-state index contributed by atoms with van der Waals surface area (Å²) in [6.07, 6.45) is 0. The Morgan fingerprint density at radius 2 is 2.11 bits per heavy atom. The normalized spacial score (nSPS) is 12.0. The van der Waals surface area contributed by atoms with Crippen LogP contribution in [0.2, 0.25) is 10.0 Å². The molecule has 0 unspecified atom stereocenters. The summed E-state index contributed by atoms with van der Waals surface area (Å²) in [5.74, 6) is -0.106. The van der Waals surface area contributed by atoms with Crippen LogP contribution >= 0.6 is 23.2 Å². The molecule has 0 aliphatic rings. The van der Waals surface area contributed by atoms with Crippen LogP contribution in [0.3, 0.4) is 0 Å². The van der Waals surface area contributed by atoms with Gasteiger partial charge in [-0.3, -0.25) is 4.79 Å². The van der Waals surface area contributed by atoms with Crippen molar-refractivity contribution in [2.24, 2.45) is 0 Å². The summed E-state index contributed by atoms with van der Waals surface area (Å²) in [4.78, 5) is 11.6. The van der Waals surface area contributed by atoms with Crippen LogP contribution in [-0.2, 0) is 9.53 Å². The number of benzene rings is 1. The van der Waals surface area contributed by atoms with Crippen LogP contribution in [0.4, 0.5) is 5.69 Å². The van der Waals surface area contributed by atoms with Gasteiger partial charge in [0.1, 0.15) is 0 Å². The zero-order valence-corrected chi connectivity index (χ0v) is 11.8. The Kier molecular flexibility index (Phi) is 6.25. The number of carbonyl (C=O) groups excluding carboxylic acids is 1. The van der Waals surface area contributed by atoms with Crippen molar-refractivity contribution in [3.05, 3.63) is 28.2 Å². The summed E-state index contributed by atoms with van der Waals surface area (Å²) < 4.78 is 4.93. The molecule has 0 fully saturated rings. The van der Waals surface area contributed by atoms with Crippen LogP contribution < -0.4 is 10.6 Å². The van der Waals surface area contributed by atoms with Gasteiger partial charge in [0, 0.05) is 18.8 Å². The Morgan fingerprint density at radius 1 is 1.39 bits per heavy atom. The van der Waals surface area contributed by atoms with Crippen LogP contribution in [0.5, 0.6) is 0 Å². The summed E-state index contributed by atoms with van der Waals surface area (Å²) in [5.41, 5.74) is 0.749. The first-order valence-corrected chi connectivity index (χ1v) is 6.25. The average Bonchev–Trinajstić information content (AvgIpc) is 2.31. The van der Waals surface area contributed by atoms with E-state index in [0.29, 0.717) is 16.7 Å². The molecule has 0 spiro atoms. The average molecular weight is 291 g/mol. The van der Waals surface area contributed by atoms with Crippen LogP contribution in [0.15, 0.2) is 18.2 Å². The first-order valence-electron chi connectivity index (χ1n) is 5.50. The summed E-state index contributed by atoms with van der Waals surface area (Å²) in [6.45, 7) is 2.53. The third-order valence-corrected chi connectivity index (χ3v) is 2.94. The first kappa shape index (κ1) is 15.1. The molecule has 0 aliphatic heterocycles. The van der Waals surface area contributed by atoms with E-state index in [1.807, 2.05) is 6.92 Å². The standard InChI is InChI=1S/C12H16Cl2N2O2/c1-8(7-18-2)16-12(17)6-15-9-3-4-10(13)11(14)5-9/h3-5,8,15H,6-7H2,1-2H3,(H,16,17)/t8-/m0/s1. The van der Waals surface area contributed by atoms with Gasteiger partial charge in [-0.25, -0.2) is 0 Å². The number of methoxy groups -OCH3 is 1. The Balaban J connectivity index is 2.40. The van der Waals surface area contributed by atoms with Gasteiger partial charge in [0.25, 0.3) is 0 Å². The second-order valence-electron chi connectivity index (χ2n) is 3.91. The summed E-state index contributed by atoms with van der Waals surface area (Å²) in [7, 11) is 1.59. The SMILES string of the molecule is COC[C@H](C)NC(=O)CNc1ccc(Cl)c(Cl)c1. The third-order valence-electron chi connectivity index (χ3n) is 2.20. The first-order chi connectivity index (χ1) is 8.52. The fourth-order valence-electron chi connectivity index (χ4n) is 1.41. The molecule has 0 saturated heterocycles. The van der Waals surface area contributed by atoms with Crippen molar-refractivity contribution in [1.82, 2.24) is 5.32 Å². The van der Waals surface area contributed by atoms with Gasteiger partial charge in [0.05, 0.1) is 23.2 Å². The molecule has 2 N–H and O–H groups in total. The van der Waals surface area contributed by atoms with Crippen molar-refractivity contribution in [3.63, 3.8) is 0 Å². The number of hydrogen-bond donors (Lipinski definition) is 2. The van der Waals surface area contributed by atoms with Gasteiger partial charge in [-0.2, -0.15) is 0 Å². The summed E-state index contributed by atoms with van der Waals surface area (Å²) in [6, 6.07) is 5.10. The zero-order chi connectivity index (χ0) is 13.5. The van der Waals surface area contributed by atoms with E-state index in [1.165, 1.54) is 0 Å². The lowest BCUT2D eigenvalue weighted by molar-refractivity contribution is -0.120. The van der Waals surface area contributed by atoms with Crippen LogP contribution in [0, 0.1) is 0 Å². The highest BCUT2D eigenvalue weighted by atomic mass is 35.5. The third kappa shape index (κ3) is 5.12. The van der Waals surface area contributed by atoms with E-state index in [1.54, 1.807) is 25.3 Å². The van der Waals surface area contributed by atoms with E-state index < -0.39 is 0 Å².